The maximum Gasteiger partial charge on any atom is 0.317 e. The lowest BCUT2D eigenvalue weighted by Crippen LogP contribution is -2.39. The van der Waals surface area contributed by atoms with E-state index in [1.807, 2.05) is 15.7 Å². The number of likely N-dealkylation sites (tertiary alicyclic amines) is 1. The van der Waals surface area contributed by atoms with E-state index in [4.69, 9.17) is 0 Å². The average molecular weight is 304 g/mol. The molecule has 5 nitrogen and oxygen atoms in total. The van der Waals surface area contributed by atoms with E-state index in [-0.39, 0.29) is 12.1 Å². The van der Waals surface area contributed by atoms with E-state index in [2.05, 4.69) is 27.1 Å². The highest BCUT2D eigenvalue weighted by atomic mass is 32.1. The molecule has 1 aliphatic rings. The minimum atomic E-state index is 0.0642. The van der Waals surface area contributed by atoms with Crippen molar-refractivity contribution in [3.63, 3.8) is 0 Å². The van der Waals surface area contributed by atoms with Crippen molar-refractivity contribution in [2.24, 2.45) is 0 Å². The Labute approximate surface area is 128 Å². The number of aryl methyl sites for hydroxylation is 1. The molecule has 0 aliphatic carbocycles. The number of urea groups is 1. The van der Waals surface area contributed by atoms with Crippen molar-refractivity contribution in [1.29, 1.82) is 0 Å². The van der Waals surface area contributed by atoms with E-state index < -0.39 is 0 Å². The lowest BCUT2D eigenvalue weighted by Gasteiger charge is -2.24. The van der Waals surface area contributed by atoms with E-state index >= 15 is 0 Å². The number of nitrogens with zero attached hydrogens (tertiary/aromatic N) is 3. The van der Waals surface area contributed by atoms with Gasteiger partial charge in [0.1, 0.15) is 0 Å². The highest BCUT2D eigenvalue weighted by Crippen LogP contribution is 2.32. The Bertz CT molecular complexity index is 552. The van der Waals surface area contributed by atoms with Crippen LogP contribution in [0.15, 0.2) is 35.5 Å². The van der Waals surface area contributed by atoms with Crippen molar-refractivity contribution in [1.82, 2.24) is 19.8 Å². The predicted molar refractivity (Wildman–Crippen MR) is 83.2 cm³/mol. The first-order valence-corrected chi connectivity index (χ1v) is 8.31. The fraction of sp³-hybridized carbons (Fsp3) is 0.467. The van der Waals surface area contributed by atoms with Crippen LogP contribution in [-0.4, -0.2) is 33.6 Å². The third-order valence-corrected chi connectivity index (χ3v) is 4.57. The second-order valence-corrected chi connectivity index (χ2v) is 6.07. The van der Waals surface area contributed by atoms with Crippen LogP contribution in [0.3, 0.4) is 0 Å². The van der Waals surface area contributed by atoms with Crippen LogP contribution in [0.2, 0.25) is 0 Å². The van der Waals surface area contributed by atoms with E-state index in [0.29, 0.717) is 6.54 Å². The molecule has 6 heteroatoms. The van der Waals surface area contributed by atoms with E-state index in [1.165, 1.54) is 5.56 Å². The maximum atomic E-state index is 12.3. The van der Waals surface area contributed by atoms with Crippen LogP contribution in [0.4, 0.5) is 4.79 Å². The van der Waals surface area contributed by atoms with E-state index in [1.54, 1.807) is 23.9 Å². The average Bonchev–Trinajstić information content (AvgIpc) is 3.24. The number of hydrogen-bond acceptors (Lipinski definition) is 3. The lowest BCUT2D eigenvalue weighted by atomic mass is 10.1. The van der Waals surface area contributed by atoms with Gasteiger partial charge in [-0.1, -0.05) is 0 Å². The molecule has 21 heavy (non-hydrogen) atoms. The Morgan fingerprint density at radius 2 is 2.48 bits per heavy atom. The largest absolute Gasteiger partial charge is 0.338 e. The summed E-state index contributed by atoms with van der Waals surface area (Å²) >= 11 is 1.69. The zero-order valence-electron chi connectivity index (χ0n) is 11.9. The maximum absolute atomic E-state index is 12.3. The summed E-state index contributed by atoms with van der Waals surface area (Å²) in [6, 6.07) is 2.44. The molecule has 0 unspecified atom stereocenters. The first kappa shape index (κ1) is 14.1. The van der Waals surface area contributed by atoms with Gasteiger partial charge in [0.15, 0.2) is 0 Å². The van der Waals surface area contributed by atoms with Gasteiger partial charge in [0, 0.05) is 32.0 Å². The Kier molecular flexibility index (Phi) is 4.55. The topological polar surface area (TPSA) is 50.2 Å². The fourth-order valence-corrected chi connectivity index (χ4v) is 3.51. The van der Waals surface area contributed by atoms with Gasteiger partial charge >= 0.3 is 6.03 Å². The molecule has 2 aromatic heterocycles. The number of carbonyl (C=O) groups is 1. The molecule has 0 saturated carbocycles. The number of imidazole rings is 1. The number of nitrogens with one attached hydrogen (secondary N) is 1. The number of thiophene rings is 1. The third kappa shape index (κ3) is 3.44. The van der Waals surface area contributed by atoms with Gasteiger partial charge in [-0.05, 0) is 41.7 Å². The highest BCUT2D eigenvalue weighted by molar-refractivity contribution is 7.07. The minimum Gasteiger partial charge on any atom is -0.338 e. The highest BCUT2D eigenvalue weighted by Gasteiger charge is 2.29. The Morgan fingerprint density at radius 3 is 3.24 bits per heavy atom. The second kappa shape index (κ2) is 6.76. The quantitative estimate of drug-likeness (QED) is 0.864. The summed E-state index contributed by atoms with van der Waals surface area (Å²) in [5.74, 6) is 0. The molecule has 1 N–H and O–H groups in total. The summed E-state index contributed by atoms with van der Waals surface area (Å²) in [5, 5.41) is 7.26. The first-order valence-electron chi connectivity index (χ1n) is 7.37. The van der Waals surface area contributed by atoms with Crippen molar-refractivity contribution in [2.45, 2.75) is 31.8 Å². The summed E-state index contributed by atoms with van der Waals surface area (Å²) in [5.41, 5.74) is 1.27. The molecule has 1 fully saturated rings. The summed E-state index contributed by atoms with van der Waals surface area (Å²) in [7, 11) is 0. The Balaban J connectivity index is 1.46. The minimum absolute atomic E-state index is 0.0642. The summed E-state index contributed by atoms with van der Waals surface area (Å²) in [6.45, 7) is 2.44. The molecule has 112 valence electrons. The van der Waals surface area contributed by atoms with E-state index in [0.717, 1.165) is 32.4 Å². The molecule has 0 aromatic carbocycles. The monoisotopic (exact) mass is 304 g/mol. The number of rotatable bonds is 5. The molecule has 0 spiro atoms. The SMILES string of the molecule is O=C(NCCCn1ccnc1)N1CCC[C@H]1c1ccsc1. The predicted octanol–water partition coefficient (Wildman–Crippen LogP) is 2.88. The molecule has 3 rings (SSSR count). The molecular formula is C15H20N4OS. The smallest absolute Gasteiger partial charge is 0.317 e. The number of carbonyl (C=O) groups excluding carboxylic acids is 1. The normalized spacial score (nSPS) is 18.1. The van der Waals surface area contributed by atoms with Crippen molar-refractivity contribution < 1.29 is 4.79 Å². The zero-order valence-corrected chi connectivity index (χ0v) is 12.8. The van der Waals surface area contributed by atoms with Crippen LogP contribution in [0, 0.1) is 0 Å². The van der Waals surface area contributed by atoms with Crippen LogP contribution >= 0.6 is 11.3 Å². The van der Waals surface area contributed by atoms with Crippen molar-refractivity contribution in [2.75, 3.05) is 13.1 Å². The summed E-state index contributed by atoms with van der Waals surface area (Å²) in [6.07, 6.45) is 8.58. The van der Waals surface area contributed by atoms with Crippen LogP contribution in [-0.2, 0) is 6.54 Å². The second-order valence-electron chi connectivity index (χ2n) is 5.29. The van der Waals surface area contributed by atoms with Gasteiger partial charge in [-0.2, -0.15) is 11.3 Å². The van der Waals surface area contributed by atoms with Crippen LogP contribution in [0.25, 0.3) is 0 Å². The number of amides is 2. The van der Waals surface area contributed by atoms with E-state index in [9.17, 15) is 4.79 Å². The molecular weight excluding hydrogens is 284 g/mol. The van der Waals surface area contributed by atoms with Gasteiger partial charge in [-0.3, -0.25) is 0 Å². The number of aromatic nitrogens is 2. The zero-order chi connectivity index (χ0) is 14.5. The van der Waals surface area contributed by atoms with Crippen LogP contribution < -0.4 is 5.32 Å². The van der Waals surface area contributed by atoms with Gasteiger partial charge in [-0.25, -0.2) is 9.78 Å². The standard InChI is InChI=1S/C15H20N4OS/c20-15(17-5-2-7-18-9-6-16-12-18)19-8-1-3-14(19)13-4-10-21-11-13/h4,6,9-12,14H,1-3,5,7-8H2,(H,17,20)/t14-/m0/s1. The Hall–Kier alpha value is -1.82. The molecule has 2 amide bonds. The molecule has 3 heterocycles. The lowest BCUT2D eigenvalue weighted by molar-refractivity contribution is 0.193. The van der Waals surface area contributed by atoms with Gasteiger partial charge in [0.2, 0.25) is 0 Å². The molecule has 1 aliphatic heterocycles. The summed E-state index contributed by atoms with van der Waals surface area (Å²) < 4.78 is 2.02. The van der Waals surface area contributed by atoms with Crippen molar-refractivity contribution >= 4 is 17.4 Å². The van der Waals surface area contributed by atoms with Gasteiger partial charge in [-0.15, -0.1) is 0 Å². The fourth-order valence-electron chi connectivity index (χ4n) is 2.80. The van der Waals surface area contributed by atoms with Gasteiger partial charge in [0.05, 0.1) is 12.4 Å². The molecule has 2 aromatic rings. The Morgan fingerprint density at radius 1 is 1.52 bits per heavy atom. The molecule has 1 atom stereocenters. The first-order chi connectivity index (χ1) is 10.3. The van der Waals surface area contributed by atoms with Gasteiger partial charge in [0.25, 0.3) is 0 Å². The molecule has 0 bridgehead atoms. The van der Waals surface area contributed by atoms with Crippen molar-refractivity contribution in [3.8, 4) is 0 Å². The van der Waals surface area contributed by atoms with Crippen molar-refractivity contribution in [3.05, 3.63) is 41.1 Å². The molecule has 0 radical (unpaired) electrons. The van der Waals surface area contributed by atoms with Crippen LogP contribution in [0.5, 0.6) is 0 Å². The molecule has 1 saturated heterocycles. The third-order valence-electron chi connectivity index (χ3n) is 3.87. The summed E-state index contributed by atoms with van der Waals surface area (Å²) in [4.78, 5) is 18.3. The van der Waals surface area contributed by atoms with Gasteiger partial charge < -0.3 is 14.8 Å². The van der Waals surface area contributed by atoms with Crippen LogP contribution in [0.1, 0.15) is 30.9 Å². The number of hydrogen-bond donors (Lipinski definition) is 1.